The number of amides is 1. The second-order valence-electron chi connectivity index (χ2n) is 6.06. The maximum absolute atomic E-state index is 12.7. The van der Waals surface area contributed by atoms with Crippen LogP contribution in [0.2, 0.25) is 0 Å². The van der Waals surface area contributed by atoms with Crippen LogP contribution in [0.1, 0.15) is 10.4 Å². The second-order valence-corrected chi connectivity index (χ2v) is 6.06. The Morgan fingerprint density at radius 2 is 1.81 bits per heavy atom. The van der Waals surface area contributed by atoms with E-state index in [1.54, 1.807) is 35.4 Å². The first-order valence-corrected chi connectivity index (χ1v) is 8.61. The first-order chi connectivity index (χ1) is 13.3. The smallest absolute Gasteiger partial charge is 0.259 e. The Hall–Kier alpha value is -3.49. The molecule has 0 aromatic carbocycles. The predicted molar refractivity (Wildman–Crippen MR) is 98.1 cm³/mol. The van der Waals surface area contributed by atoms with E-state index in [0.29, 0.717) is 43.4 Å². The number of aromatic nitrogens is 5. The van der Waals surface area contributed by atoms with Gasteiger partial charge in [0.1, 0.15) is 11.9 Å². The number of nitrogens with zero attached hydrogens (tertiary/aromatic N) is 7. The minimum absolute atomic E-state index is 0.0684. The van der Waals surface area contributed by atoms with E-state index in [2.05, 4.69) is 25.1 Å². The fraction of sp³-hybridized carbons (Fsp3) is 0.278. The molecule has 3 aromatic rings. The number of piperazine rings is 1. The molecule has 1 aliphatic rings. The molecule has 3 aromatic heterocycles. The molecule has 1 aliphatic heterocycles. The highest BCUT2D eigenvalue weighted by molar-refractivity contribution is 5.96. The average molecular weight is 365 g/mol. The first kappa shape index (κ1) is 17.0. The standard InChI is InChI=1S/C18H19N7O2/c1-27-17-14(3-2-6-20-17)18(26)24-11-9-23(10-12-24)15-4-5-16(22-21-15)25-8-7-19-13-25/h2-8,13H,9-12H2,1H3. The van der Waals surface area contributed by atoms with Gasteiger partial charge in [-0.3, -0.25) is 9.36 Å². The zero-order valence-electron chi connectivity index (χ0n) is 14.9. The van der Waals surface area contributed by atoms with Gasteiger partial charge in [0.15, 0.2) is 11.6 Å². The van der Waals surface area contributed by atoms with Crippen molar-refractivity contribution in [3.63, 3.8) is 0 Å². The van der Waals surface area contributed by atoms with E-state index in [-0.39, 0.29) is 5.91 Å². The van der Waals surface area contributed by atoms with Crippen molar-refractivity contribution in [1.29, 1.82) is 0 Å². The summed E-state index contributed by atoms with van der Waals surface area (Å²) in [5, 5.41) is 8.55. The Morgan fingerprint density at radius 3 is 2.48 bits per heavy atom. The molecule has 9 nitrogen and oxygen atoms in total. The summed E-state index contributed by atoms with van der Waals surface area (Å²) in [7, 11) is 1.52. The molecule has 0 bridgehead atoms. The Kier molecular flexibility index (Phi) is 4.65. The number of carbonyl (C=O) groups is 1. The largest absolute Gasteiger partial charge is 0.480 e. The molecule has 0 unspecified atom stereocenters. The van der Waals surface area contributed by atoms with Crippen LogP contribution in [-0.2, 0) is 0 Å². The van der Waals surface area contributed by atoms with Crippen molar-refractivity contribution < 1.29 is 9.53 Å². The zero-order valence-corrected chi connectivity index (χ0v) is 14.9. The highest BCUT2D eigenvalue weighted by Crippen LogP contribution is 2.19. The summed E-state index contributed by atoms with van der Waals surface area (Å²) in [5.74, 6) is 1.80. The van der Waals surface area contributed by atoms with E-state index in [4.69, 9.17) is 4.74 Å². The van der Waals surface area contributed by atoms with Crippen molar-refractivity contribution in [2.45, 2.75) is 0 Å². The second kappa shape index (κ2) is 7.40. The average Bonchev–Trinajstić information content (AvgIpc) is 3.28. The van der Waals surface area contributed by atoms with Gasteiger partial charge in [0.05, 0.1) is 7.11 Å². The molecule has 0 saturated carbocycles. The lowest BCUT2D eigenvalue weighted by Gasteiger charge is -2.35. The number of anilines is 1. The van der Waals surface area contributed by atoms with Crippen LogP contribution in [0.3, 0.4) is 0 Å². The van der Waals surface area contributed by atoms with Crippen LogP contribution in [0.5, 0.6) is 5.88 Å². The van der Waals surface area contributed by atoms with Crippen LogP contribution in [0, 0.1) is 0 Å². The highest BCUT2D eigenvalue weighted by Gasteiger charge is 2.25. The quantitative estimate of drug-likeness (QED) is 0.682. The maximum atomic E-state index is 12.7. The van der Waals surface area contributed by atoms with Crippen LogP contribution in [0.15, 0.2) is 49.2 Å². The molecule has 27 heavy (non-hydrogen) atoms. The Balaban J connectivity index is 1.41. The summed E-state index contributed by atoms with van der Waals surface area (Å²) >= 11 is 0. The molecule has 0 atom stereocenters. The van der Waals surface area contributed by atoms with Gasteiger partial charge in [0, 0.05) is 44.8 Å². The number of hydrogen-bond acceptors (Lipinski definition) is 7. The number of methoxy groups -OCH3 is 1. The van der Waals surface area contributed by atoms with Gasteiger partial charge in [-0.05, 0) is 24.3 Å². The molecule has 9 heteroatoms. The molecule has 0 aliphatic carbocycles. The van der Waals surface area contributed by atoms with Crippen LogP contribution in [0.4, 0.5) is 5.82 Å². The maximum Gasteiger partial charge on any atom is 0.259 e. The molecular formula is C18H19N7O2. The normalized spacial score (nSPS) is 14.3. The van der Waals surface area contributed by atoms with Gasteiger partial charge in [-0.1, -0.05) is 0 Å². The summed E-state index contributed by atoms with van der Waals surface area (Å²) in [4.78, 5) is 24.8. The number of carbonyl (C=O) groups excluding carboxylic acids is 1. The third-order valence-electron chi connectivity index (χ3n) is 4.49. The fourth-order valence-corrected chi connectivity index (χ4v) is 3.04. The lowest BCUT2D eigenvalue weighted by atomic mass is 10.2. The number of hydrogen-bond donors (Lipinski definition) is 0. The Morgan fingerprint density at radius 1 is 1.04 bits per heavy atom. The van der Waals surface area contributed by atoms with Gasteiger partial charge in [-0.25, -0.2) is 9.97 Å². The number of imidazole rings is 1. The van der Waals surface area contributed by atoms with Gasteiger partial charge in [-0.2, -0.15) is 0 Å². The van der Waals surface area contributed by atoms with E-state index in [9.17, 15) is 4.79 Å². The zero-order chi connectivity index (χ0) is 18.6. The fourth-order valence-electron chi connectivity index (χ4n) is 3.04. The molecule has 4 heterocycles. The predicted octanol–water partition coefficient (Wildman–Crippen LogP) is 1.03. The van der Waals surface area contributed by atoms with Crippen molar-refractivity contribution >= 4 is 11.7 Å². The van der Waals surface area contributed by atoms with E-state index in [1.165, 1.54) is 7.11 Å². The van der Waals surface area contributed by atoms with Gasteiger partial charge in [0.25, 0.3) is 5.91 Å². The van der Waals surface area contributed by atoms with Crippen molar-refractivity contribution in [2.75, 3.05) is 38.2 Å². The minimum atomic E-state index is -0.0684. The van der Waals surface area contributed by atoms with Crippen molar-refractivity contribution in [1.82, 2.24) is 29.6 Å². The van der Waals surface area contributed by atoms with Crippen LogP contribution in [-0.4, -0.2) is 68.8 Å². The molecule has 0 radical (unpaired) electrons. The summed E-state index contributed by atoms with van der Waals surface area (Å²) in [5.41, 5.74) is 0.484. The number of pyridine rings is 1. The SMILES string of the molecule is COc1ncccc1C(=O)N1CCN(c2ccc(-n3ccnc3)nn2)CC1. The summed E-state index contributed by atoms with van der Waals surface area (Å²) in [6.07, 6.45) is 6.81. The third kappa shape index (κ3) is 3.43. The van der Waals surface area contributed by atoms with Crippen LogP contribution in [0.25, 0.3) is 5.82 Å². The van der Waals surface area contributed by atoms with E-state index >= 15 is 0 Å². The van der Waals surface area contributed by atoms with Crippen LogP contribution < -0.4 is 9.64 Å². The van der Waals surface area contributed by atoms with Crippen molar-refractivity contribution in [2.24, 2.45) is 0 Å². The lowest BCUT2D eigenvalue weighted by Crippen LogP contribution is -2.49. The van der Waals surface area contributed by atoms with Crippen LogP contribution >= 0.6 is 0 Å². The molecule has 4 rings (SSSR count). The van der Waals surface area contributed by atoms with E-state index < -0.39 is 0 Å². The summed E-state index contributed by atoms with van der Waals surface area (Å²) in [6, 6.07) is 7.32. The van der Waals surface area contributed by atoms with E-state index in [1.807, 2.05) is 23.2 Å². The molecule has 138 valence electrons. The molecule has 0 N–H and O–H groups in total. The molecule has 0 spiro atoms. The van der Waals surface area contributed by atoms with Gasteiger partial charge >= 0.3 is 0 Å². The molecule has 1 amide bonds. The minimum Gasteiger partial charge on any atom is -0.480 e. The van der Waals surface area contributed by atoms with Crippen molar-refractivity contribution in [3.05, 3.63) is 54.7 Å². The summed E-state index contributed by atoms with van der Waals surface area (Å²) in [6.45, 7) is 2.57. The number of ether oxygens (including phenoxy) is 1. The number of rotatable bonds is 4. The summed E-state index contributed by atoms with van der Waals surface area (Å²) < 4.78 is 7.00. The van der Waals surface area contributed by atoms with Crippen molar-refractivity contribution in [3.8, 4) is 11.7 Å². The van der Waals surface area contributed by atoms with Gasteiger partial charge < -0.3 is 14.5 Å². The van der Waals surface area contributed by atoms with Gasteiger partial charge in [0.2, 0.25) is 5.88 Å². The lowest BCUT2D eigenvalue weighted by molar-refractivity contribution is 0.0742. The highest BCUT2D eigenvalue weighted by atomic mass is 16.5. The van der Waals surface area contributed by atoms with Gasteiger partial charge in [-0.15, -0.1) is 10.2 Å². The first-order valence-electron chi connectivity index (χ1n) is 8.61. The monoisotopic (exact) mass is 365 g/mol. The molecular weight excluding hydrogens is 346 g/mol. The topological polar surface area (TPSA) is 89.3 Å². The molecule has 1 saturated heterocycles. The Bertz CT molecular complexity index is 904. The molecule has 1 fully saturated rings. The third-order valence-corrected chi connectivity index (χ3v) is 4.49. The Labute approximate surface area is 156 Å². The van der Waals surface area contributed by atoms with E-state index in [0.717, 1.165) is 5.82 Å².